The number of carbonyl (C=O) groups is 2. The van der Waals surface area contributed by atoms with Gasteiger partial charge in [-0.2, -0.15) is 0 Å². The first-order valence-electron chi connectivity index (χ1n) is 7.74. The van der Waals surface area contributed by atoms with E-state index in [2.05, 4.69) is 24.1 Å². The predicted molar refractivity (Wildman–Crippen MR) is 76.3 cm³/mol. The lowest BCUT2D eigenvalue weighted by Gasteiger charge is -2.43. The summed E-state index contributed by atoms with van der Waals surface area (Å²) in [6.45, 7) is 5.96. The number of carboxylic acid groups (broad SMARTS) is 1. The number of amides is 1. The molecule has 1 saturated carbocycles. The molecule has 1 aliphatic heterocycles. The molecule has 0 spiro atoms. The van der Waals surface area contributed by atoms with Gasteiger partial charge in [0.15, 0.2) is 0 Å². The van der Waals surface area contributed by atoms with Crippen molar-refractivity contribution >= 4 is 11.9 Å². The molecule has 1 unspecified atom stereocenters. The minimum absolute atomic E-state index is 0.0874. The van der Waals surface area contributed by atoms with Crippen molar-refractivity contribution in [1.29, 1.82) is 0 Å². The van der Waals surface area contributed by atoms with Crippen molar-refractivity contribution in [2.24, 2.45) is 11.8 Å². The van der Waals surface area contributed by atoms with E-state index < -0.39 is 12.0 Å². The molecule has 2 rings (SSSR count). The molecule has 114 valence electrons. The number of aliphatic carboxylic acids is 1. The summed E-state index contributed by atoms with van der Waals surface area (Å²) in [6, 6.07) is -0.109. The highest BCUT2D eigenvalue weighted by Crippen LogP contribution is 2.33. The van der Waals surface area contributed by atoms with Gasteiger partial charge >= 0.3 is 5.97 Å². The Morgan fingerprint density at radius 2 is 2.00 bits per heavy atom. The van der Waals surface area contributed by atoms with E-state index in [-0.39, 0.29) is 12.3 Å². The zero-order valence-corrected chi connectivity index (χ0v) is 12.5. The quantitative estimate of drug-likeness (QED) is 0.819. The van der Waals surface area contributed by atoms with Gasteiger partial charge in [-0.1, -0.05) is 13.8 Å². The van der Waals surface area contributed by atoms with E-state index >= 15 is 0 Å². The van der Waals surface area contributed by atoms with Gasteiger partial charge in [0.05, 0.1) is 12.5 Å². The summed E-state index contributed by atoms with van der Waals surface area (Å²) >= 11 is 0. The summed E-state index contributed by atoms with van der Waals surface area (Å²) in [5.41, 5.74) is 0. The molecule has 0 radical (unpaired) electrons. The molecule has 0 aromatic heterocycles. The number of carboxylic acids is 1. The molecule has 1 saturated heterocycles. The first kappa shape index (κ1) is 15.3. The van der Waals surface area contributed by atoms with E-state index in [0.29, 0.717) is 12.6 Å². The fourth-order valence-electron chi connectivity index (χ4n) is 3.64. The van der Waals surface area contributed by atoms with Gasteiger partial charge in [0.2, 0.25) is 5.91 Å². The summed E-state index contributed by atoms with van der Waals surface area (Å²) < 4.78 is 0. The summed E-state index contributed by atoms with van der Waals surface area (Å²) in [5, 5.41) is 11.8. The van der Waals surface area contributed by atoms with Crippen LogP contribution >= 0.6 is 0 Å². The largest absolute Gasteiger partial charge is 0.481 e. The molecule has 1 amide bonds. The Hall–Kier alpha value is -1.10. The Balaban J connectivity index is 1.98. The molecule has 5 nitrogen and oxygen atoms in total. The lowest BCUT2D eigenvalue weighted by Crippen LogP contribution is -2.59. The smallest absolute Gasteiger partial charge is 0.305 e. The lowest BCUT2D eigenvalue weighted by molar-refractivity contribution is -0.144. The van der Waals surface area contributed by atoms with Gasteiger partial charge in [0.1, 0.15) is 0 Å². The normalized spacial score (nSPS) is 32.1. The number of piperazine rings is 1. The van der Waals surface area contributed by atoms with Crippen LogP contribution in [0.4, 0.5) is 0 Å². The maximum Gasteiger partial charge on any atom is 0.305 e. The van der Waals surface area contributed by atoms with Gasteiger partial charge in [-0.25, -0.2) is 0 Å². The number of nitrogens with zero attached hydrogens (tertiary/aromatic N) is 1. The second-order valence-corrected chi connectivity index (χ2v) is 6.46. The SMILES string of the molecule is CC(C)C1CCC(N2CCNC(=O)C2CC(=O)O)CC1. The summed E-state index contributed by atoms with van der Waals surface area (Å²) in [4.78, 5) is 25.1. The van der Waals surface area contributed by atoms with Crippen LogP contribution in [0.3, 0.4) is 0 Å². The van der Waals surface area contributed by atoms with Crippen LogP contribution in [-0.4, -0.2) is 47.1 Å². The molecule has 0 aromatic rings. The minimum atomic E-state index is -0.895. The molecule has 1 aliphatic carbocycles. The van der Waals surface area contributed by atoms with Gasteiger partial charge in [0.25, 0.3) is 0 Å². The number of rotatable bonds is 4. The Kier molecular flexibility index (Phi) is 5.02. The van der Waals surface area contributed by atoms with Crippen molar-refractivity contribution in [3.05, 3.63) is 0 Å². The van der Waals surface area contributed by atoms with Crippen molar-refractivity contribution in [1.82, 2.24) is 10.2 Å². The van der Waals surface area contributed by atoms with Crippen LogP contribution in [-0.2, 0) is 9.59 Å². The minimum Gasteiger partial charge on any atom is -0.481 e. The zero-order valence-electron chi connectivity index (χ0n) is 12.5. The van der Waals surface area contributed by atoms with E-state index in [1.165, 1.54) is 12.8 Å². The molecule has 2 N–H and O–H groups in total. The van der Waals surface area contributed by atoms with Crippen molar-refractivity contribution in [3.63, 3.8) is 0 Å². The average molecular weight is 282 g/mol. The maximum atomic E-state index is 11.9. The van der Waals surface area contributed by atoms with Crippen LogP contribution in [0.1, 0.15) is 46.0 Å². The Morgan fingerprint density at radius 1 is 1.35 bits per heavy atom. The zero-order chi connectivity index (χ0) is 14.7. The van der Waals surface area contributed by atoms with E-state index in [1.54, 1.807) is 0 Å². The first-order valence-corrected chi connectivity index (χ1v) is 7.74. The highest BCUT2D eigenvalue weighted by atomic mass is 16.4. The molecular weight excluding hydrogens is 256 g/mol. The Morgan fingerprint density at radius 3 is 2.55 bits per heavy atom. The number of carbonyl (C=O) groups excluding carboxylic acids is 1. The van der Waals surface area contributed by atoms with Crippen LogP contribution < -0.4 is 5.32 Å². The summed E-state index contributed by atoms with van der Waals surface area (Å²) in [6.07, 6.45) is 4.48. The van der Waals surface area contributed by atoms with Crippen molar-refractivity contribution in [2.45, 2.75) is 58.0 Å². The highest BCUT2D eigenvalue weighted by molar-refractivity contribution is 5.86. The van der Waals surface area contributed by atoms with Gasteiger partial charge in [-0.15, -0.1) is 0 Å². The van der Waals surface area contributed by atoms with Gasteiger partial charge in [-0.3, -0.25) is 14.5 Å². The topological polar surface area (TPSA) is 69.6 Å². The van der Waals surface area contributed by atoms with Crippen LogP contribution in [0, 0.1) is 11.8 Å². The van der Waals surface area contributed by atoms with Gasteiger partial charge < -0.3 is 10.4 Å². The molecule has 20 heavy (non-hydrogen) atoms. The summed E-state index contributed by atoms with van der Waals surface area (Å²) in [7, 11) is 0. The monoisotopic (exact) mass is 282 g/mol. The van der Waals surface area contributed by atoms with Crippen LogP contribution in [0.2, 0.25) is 0 Å². The molecular formula is C15H26N2O3. The standard InChI is InChI=1S/C15H26N2O3/c1-10(2)11-3-5-12(6-4-11)17-8-7-16-15(20)13(17)9-14(18)19/h10-13H,3-9H2,1-2H3,(H,16,20)(H,18,19). The predicted octanol–water partition coefficient (Wildman–Crippen LogP) is 1.48. The average Bonchev–Trinajstić information content (AvgIpc) is 2.41. The first-order chi connectivity index (χ1) is 9.49. The summed E-state index contributed by atoms with van der Waals surface area (Å²) in [5.74, 6) is 0.482. The number of hydrogen-bond acceptors (Lipinski definition) is 3. The number of nitrogens with one attached hydrogen (secondary N) is 1. The fourth-order valence-corrected chi connectivity index (χ4v) is 3.64. The van der Waals surface area contributed by atoms with E-state index in [0.717, 1.165) is 31.2 Å². The van der Waals surface area contributed by atoms with Crippen molar-refractivity contribution in [3.8, 4) is 0 Å². The highest BCUT2D eigenvalue weighted by Gasteiger charge is 2.37. The Labute approximate surface area is 120 Å². The molecule has 2 aliphatic rings. The third-order valence-electron chi connectivity index (χ3n) is 4.89. The van der Waals surface area contributed by atoms with Crippen LogP contribution in [0.15, 0.2) is 0 Å². The maximum absolute atomic E-state index is 11.9. The second-order valence-electron chi connectivity index (χ2n) is 6.46. The molecule has 0 aromatic carbocycles. The third-order valence-corrected chi connectivity index (χ3v) is 4.89. The van der Waals surface area contributed by atoms with Crippen LogP contribution in [0.5, 0.6) is 0 Å². The van der Waals surface area contributed by atoms with E-state index in [4.69, 9.17) is 5.11 Å². The Bertz CT molecular complexity index is 362. The van der Waals surface area contributed by atoms with Crippen molar-refractivity contribution < 1.29 is 14.7 Å². The van der Waals surface area contributed by atoms with Gasteiger partial charge in [-0.05, 0) is 37.5 Å². The van der Waals surface area contributed by atoms with Crippen LogP contribution in [0.25, 0.3) is 0 Å². The fraction of sp³-hybridized carbons (Fsp3) is 0.867. The lowest BCUT2D eigenvalue weighted by atomic mass is 9.79. The molecule has 1 heterocycles. The van der Waals surface area contributed by atoms with Crippen molar-refractivity contribution in [2.75, 3.05) is 13.1 Å². The molecule has 0 bridgehead atoms. The van der Waals surface area contributed by atoms with E-state index in [1.807, 2.05) is 0 Å². The molecule has 5 heteroatoms. The molecule has 2 fully saturated rings. The molecule has 1 atom stereocenters. The third kappa shape index (κ3) is 3.51. The second kappa shape index (κ2) is 6.57. The van der Waals surface area contributed by atoms with Gasteiger partial charge in [0, 0.05) is 19.1 Å². The number of hydrogen-bond donors (Lipinski definition) is 2. The van der Waals surface area contributed by atoms with E-state index in [9.17, 15) is 9.59 Å².